The summed E-state index contributed by atoms with van der Waals surface area (Å²) < 4.78 is 5.76. The number of fused-ring (bicyclic) bond motifs is 1. The molecular formula is C31H40N8O2. The third-order valence-electron chi connectivity index (χ3n) is 8.53. The van der Waals surface area contributed by atoms with Crippen LogP contribution >= 0.6 is 0 Å². The summed E-state index contributed by atoms with van der Waals surface area (Å²) in [6.07, 6.45) is 5.37. The summed E-state index contributed by atoms with van der Waals surface area (Å²) in [5.41, 5.74) is 10.2. The lowest BCUT2D eigenvalue weighted by Crippen LogP contribution is -2.53. The van der Waals surface area contributed by atoms with Crippen LogP contribution in [0.15, 0.2) is 54.7 Å². The maximum Gasteiger partial charge on any atom is 0.326 e. The van der Waals surface area contributed by atoms with Gasteiger partial charge in [-0.2, -0.15) is 4.98 Å². The molecule has 3 aliphatic rings. The summed E-state index contributed by atoms with van der Waals surface area (Å²) in [4.78, 5) is 32.1. The van der Waals surface area contributed by atoms with Gasteiger partial charge in [-0.15, -0.1) is 0 Å². The number of rotatable bonds is 7. The van der Waals surface area contributed by atoms with Crippen molar-refractivity contribution >= 4 is 29.2 Å². The maximum atomic E-state index is 14.0. The number of hydrogen-bond acceptors (Lipinski definition) is 8. The van der Waals surface area contributed by atoms with Crippen molar-refractivity contribution in [1.82, 2.24) is 19.8 Å². The molecule has 2 amide bonds. The van der Waals surface area contributed by atoms with Crippen LogP contribution in [0.4, 0.5) is 27.9 Å². The highest BCUT2D eigenvalue weighted by molar-refractivity contribution is 5.94. The Morgan fingerprint density at radius 1 is 1.02 bits per heavy atom. The topological polar surface area (TPSA) is 103 Å². The number of ether oxygens (including phenoxy) is 1. The van der Waals surface area contributed by atoms with E-state index in [2.05, 4.69) is 51.4 Å². The van der Waals surface area contributed by atoms with Crippen molar-refractivity contribution in [2.45, 2.75) is 50.9 Å². The van der Waals surface area contributed by atoms with Crippen molar-refractivity contribution in [3.63, 3.8) is 0 Å². The predicted molar refractivity (Wildman–Crippen MR) is 162 cm³/mol. The normalized spacial score (nSPS) is 21.5. The molecule has 0 bridgehead atoms. The Labute approximate surface area is 242 Å². The van der Waals surface area contributed by atoms with E-state index in [1.54, 1.807) is 7.11 Å². The number of carbonyl (C=O) groups is 1. The minimum Gasteiger partial charge on any atom is -0.494 e. The summed E-state index contributed by atoms with van der Waals surface area (Å²) in [7, 11) is 3.83. The van der Waals surface area contributed by atoms with E-state index in [0.717, 1.165) is 80.1 Å². The second-order valence-electron chi connectivity index (χ2n) is 11.4. The van der Waals surface area contributed by atoms with E-state index < -0.39 is 0 Å². The van der Waals surface area contributed by atoms with Gasteiger partial charge in [-0.05, 0) is 50.4 Å². The van der Waals surface area contributed by atoms with Crippen LogP contribution in [0.5, 0.6) is 5.75 Å². The molecule has 10 nitrogen and oxygen atoms in total. The fourth-order valence-corrected chi connectivity index (χ4v) is 6.08. The highest BCUT2D eigenvalue weighted by Gasteiger charge is 2.38. The standard InChI is InChI=1S/C31H40N8O2/c1-36-14-16-37(17-15-36)26-12-13-27(28(18-26)41-2)34-30-33-19-23-21-38(20-22-6-4-3-5-7-22)31(40)39(29(23)35-30)25-10-8-24(32)9-11-25/h3-7,12-13,18-19,24-25H,8-11,14-17,20-21,32H2,1-2H3,(H,33,34,35). The number of nitrogens with two attached hydrogens (primary N) is 1. The zero-order chi connectivity index (χ0) is 28.3. The summed E-state index contributed by atoms with van der Waals surface area (Å²) in [5, 5.41) is 3.36. The van der Waals surface area contributed by atoms with Crippen molar-refractivity contribution < 1.29 is 9.53 Å². The Balaban J connectivity index is 1.27. The van der Waals surface area contributed by atoms with Gasteiger partial charge in [-0.3, -0.25) is 4.90 Å². The van der Waals surface area contributed by atoms with E-state index in [9.17, 15) is 4.79 Å². The molecule has 2 aliphatic heterocycles. The molecule has 0 spiro atoms. The molecule has 2 aromatic carbocycles. The highest BCUT2D eigenvalue weighted by Crippen LogP contribution is 2.36. The van der Waals surface area contributed by atoms with Crippen LogP contribution < -0.4 is 25.6 Å². The van der Waals surface area contributed by atoms with E-state index in [4.69, 9.17) is 15.5 Å². The number of carbonyl (C=O) groups excluding carboxylic acids is 1. The first-order valence-corrected chi connectivity index (χ1v) is 14.6. The molecule has 2 fully saturated rings. The fraction of sp³-hybridized carbons (Fsp3) is 0.452. The van der Waals surface area contributed by atoms with Gasteiger partial charge in [0.2, 0.25) is 5.95 Å². The van der Waals surface area contributed by atoms with E-state index in [-0.39, 0.29) is 18.1 Å². The van der Waals surface area contributed by atoms with Gasteiger partial charge in [0.1, 0.15) is 11.6 Å². The quantitative estimate of drug-likeness (QED) is 0.447. The first kappa shape index (κ1) is 27.3. The van der Waals surface area contributed by atoms with Gasteiger partial charge in [0.15, 0.2) is 0 Å². The number of urea groups is 1. The number of benzene rings is 2. The van der Waals surface area contributed by atoms with E-state index in [1.165, 1.54) is 0 Å². The van der Waals surface area contributed by atoms with Gasteiger partial charge < -0.3 is 30.5 Å². The zero-order valence-electron chi connectivity index (χ0n) is 24.0. The van der Waals surface area contributed by atoms with Gasteiger partial charge in [0.05, 0.1) is 19.3 Å². The van der Waals surface area contributed by atoms with E-state index in [0.29, 0.717) is 24.9 Å². The number of nitrogens with one attached hydrogen (secondary N) is 1. The van der Waals surface area contributed by atoms with Crippen LogP contribution in [0, 0.1) is 0 Å². The lowest BCUT2D eigenvalue weighted by atomic mass is 9.90. The Bertz CT molecular complexity index is 1350. The Hall–Kier alpha value is -3.89. The molecule has 1 saturated heterocycles. The molecule has 10 heteroatoms. The number of anilines is 4. The first-order valence-electron chi connectivity index (χ1n) is 14.6. The smallest absolute Gasteiger partial charge is 0.326 e. The average molecular weight is 557 g/mol. The highest BCUT2D eigenvalue weighted by atomic mass is 16.5. The molecular weight excluding hydrogens is 516 g/mol. The number of likely N-dealkylation sites (N-methyl/N-ethyl adjacent to an activating group) is 1. The average Bonchev–Trinajstić information content (AvgIpc) is 3.00. The first-order chi connectivity index (χ1) is 20.0. The van der Waals surface area contributed by atoms with E-state index in [1.807, 2.05) is 40.3 Å². The number of nitrogens with zero attached hydrogens (tertiary/aromatic N) is 6. The minimum atomic E-state index is -0.0133. The molecule has 6 rings (SSSR count). The lowest BCUT2D eigenvalue weighted by molar-refractivity contribution is 0.188. The monoisotopic (exact) mass is 556 g/mol. The predicted octanol–water partition coefficient (Wildman–Crippen LogP) is 4.19. The van der Waals surface area contributed by atoms with Gasteiger partial charge in [0, 0.05) is 68.3 Å². The fourth-order valence-electron chi connectivity index (χ4n) is 6.08. The lowest BCUT2D eigenvalue weighted by Gasteiger charge is -2.42. The number of aromatic nitrogens is 2. The van der Waals surface area contributed by atoms with Crippen LogP contribution in [0.3, 0.4) is 0 Å². The van der Waals surface area contributed by atoms with E-state index >= 15 is 0 Å². The van der Waals surface area contributed by atoms with Crippen molar-refractivity contribution in [3.05, 3.63) is 65.9 Å². The number of hydrogen-bond donors (Lipinski definition) is 2. The van der Waals surface area contributed by atoms with Gasteiger partial charge >= 0.3 is 6.03 Å². The molecule has 41 heavy (non-hydrogen) atoms. The second kappa shape index (κ2) is 11.9. The third kappa shape index (κ3) is 5.94. The third-order valence-corrected chi connectivity index (χ3v) is 8.53. The summed E-state index contributed by atoms with van der Waals surface area (Å²) in [6, 6.07) is 16.5. The molecule has 216 valence electrons. The van der Waals surface area contributed by atoms with Crippen molar-refractivity contribution in [3.8, 4) is 5.75 Å². The Kier molecular flexibility index (Phi) is 7.93. The Morgan fingerprint density at radius 3 is 2.51 bits per heavy atom. The minimum absolute atomic E-state index is 0.0133. The van der Waals surface area contributed by atoms with Crippen LogP contribution in [0.2, 0.25) is 0 Å². The van der Waals surface area contributed by atoms with Gasteiger partial charge in [-0.1, -0.05) is 30.3 Å². The van der Waals surface area contributed by atoms with Crippen molar-refractivity contribution in [2.24, 2.45) is 5.73 Å². The molecule has 3 N–H and O–H groups in total. The number of amides is 2. The van der Waals surface area contributed by atoms with Crippen LogP contribution in [0.25, 0.3) is 0 Å². The zero-order valence-corrected chi connectivity index (χ0v) is 24.0. The van der Waals surface area contributed by atoms with Crippen LogP contribution in [0.1, 0.15) is 36.8 Å². The molecule has 1 saturated carbocycles. The van der Waals surface area contributed by atoms with Gasteiger partial charge in [0.25, 0.3) is 0 Å². The second-order valence-corrected chi connectivity index (χ2v) is 11.4. The Morgan fingerprint density at radius 2 is 1.78 bits per heavy atom. The summed E-state index contributed by atoms with van der Waals surface area (Å²) >= 11 is 0. The largest absolute Gasteiger partial charge is 0.494 e. The summed E-state index contributed by atoms with van der Waals surface area (Å²) in [5.74, 6) is 1.85. The van der Waals surface area contributed by atoms with Crippen LogP contribution in [-0.4, -0.2) is 78.2 Å². The number of methoxy groups -OCH3 is 1. The van der Waals surface area contributed by atoms with Crippen molar-refractivity contribution in [2.75, 3.05) is 55.5 Å². The van der Waals surface area contributed by atoms with Crippen molar-refractivity contribution in [1.29, 1.82) is 0 Å². The molecule has 3 heterocycles. The summed E-state index contributed by atoms with van der Waals surface area (Å²) in [6.45, 7) is 5.05. The molecule has 0 atom stereocenters. The maximum absolute atomic E-state index is 14.0. The molecule has 3 aromatic rings. The molecule has 1 aromatic heterocycles. The van der Waals surface area contributed by atoms with Gasteiger partial charge in [-0.25, -0.2) is 9.78 Å². The SMILES string of the molecule is COc1cc(N2CCN(C)CC2)ccc1Nc1ncc2c(n1)N(C1CCC(N)CC1)C(=O)N(Cc1ccccc1)C2. The molecule has 0 unspecified atom stereocenters. The number of piperazine rings is 1. The molecule has 0 radical (unpaired) electrons. The molecule has 1 aliphatic carbocycles. The van der Waals surface area contributed by atoms with Crippen LogP contribution in [-0.2, 0) is 13.1 Å².